The van der Waals surface area contributed by atoms with Gasteiger partial charge in [0, 0.05) is 0 Å². The first-order chi connectivity index (χ1) is 16.4. The van der Waals surface area contributed by atoms with Gasteiger partial charge >= 0.3 is 0 Å². The van der Waals surface area contributed by atoms with Crippen LogP contribution in [0.1, 0.15) is 105 Å². The van der Waals surface area contributed by atoms with Gasteiger partial charge in [0.1, 0.15) is 0 Å². The van der Waals surface area contributed by atoms with Crippen molar-refractivity contribution in [1.29, 1.82) is 0 Å². The lowest BCUT2D eigenvalue weighted by Gasteiger charge is -2.36. The zero-order valence-corrected chi connectivity index (χ0v) is 23.6. The highest BCUT2D eigenvalue weighted by atomic mass is 16.6. The van der Waals surface area contributed by atoms with Gasteiger partial charge in [-0.05, 0) is 85.4 Å². The zero-order chi connectivity index (χ0) is 25.5. The first-order valence-corrected chi connectivity index (χ1v) is 13.7. The van der Waals surface area contributed by atoms with Crippen LogP contribution in [-0.4, -0.2) is 12.7 Å². The number of epoxide rings is 1. The highest BCUT2D eigenvalue weighted by molar-refractivity contribution is 6.23. The molecule has 1 aliphatic heterocycles. The highest BCUT2D eigenvalue weighted by Gasteiger charge is 2.31. The van der Waals surface area contributed by atoms with Crippen molar-refractivity contribution in [3.8, 4) is 0 Å². The minimum absolute atomic E-state index is 0.235. The van der Waals surface area contributed by atoms with Crippen molar-refractivity contribution in [1.82, 2.24) is 0 Å². The summed E-state index contributed by atoms with van der Waals surface area (Å²) in [6.07, 6.45) is 4.20. The number of benzene rings is 4. The van der Waals surface area contributed by atoms with Gasteiger partial charge in [0.25, 0.3) is 0 Å². The third-order valence-corrected chi connectivity index (χ3v) is 7.88. The lowest BCUT2D eigenvalue weighted by atomic mass is 9.68. The molecule has 0 bridgehead atoms. The predicted molar refractivity (Wildman–Crippen MR) is 155 cm³/mol. The van der Waals surface area contributed by atoms with E-state index in [4.69, 9.17) is 4.74 Å². The molecular formula is C34H46O. The third-order valence-electron chi connectivity index (χ3n) is 7.88. The van der Waals surface area contributed by atoms with Gasteiger partial charge in [-0.1, -0.05) is 111 Å². The van der Waals surface area contributed by atoms with Crippen molar-refractivity contribution in [2.75, 3.05) is 6.61 Å². The molecule has 0 aromatic heterocycles. The van der Waals surface area contributed by atoms with Crippen LogP contribution in [0.2, 0.25) is 0 Å². The monoisotopic (exact) mass is 470 g/mol. The Bertz CT molecular complexity index is 1210. The second-order valence-electron chi connectivity index (χ2n) is 13.2. The molecule has 1 fully saturated rings. The second-order valence-corrected chi connectivity index (χ2v) is 13.2. The van der Waals surface area contributed by atoms with Crippen molar-refractivity contribution in [3.63, 3.8) is 0 Å². The molecule has 1 saturated heterocycles. The number of hydrogen-bond donors (Lipinski definition) is 0. The summed E-state index contributed by atoms with van der Waals surface area (Å²) >= 11 is 0. The van der Waals surface area contributed by atoms with E-state index in [0.717, 1.165) is 6.61 Å². The van der Waals surface area contributed by atoms with E-state index < -0.39 is 0 Å². The van der Waals surface area contributed by atoms with E-state index in [1.165, 1.54) is 62.7 Å². The molecule has 188 valence electrons. The quantitative estimate of drug-likeness (QED) is 0.209. The highest BCUT2D eigenvalue weighted by Crippen LogP contribution is 2.45. The first-order valence-electron chi connectivity index (χ1n) is 13.7. The summed E-state index contributed by atoms with van der Waals surface area (Å²) in [5.74, 6) is 1.14. The van der Waals surface area contributed by atoms with Crippen LogP contribution in [-0.2, 0) is 4.74 Å². The van der Waals surface area contributed by atoms with Gasteiger partial charge < -0.3 is 4.74 Å². The van der Waals surface area contributed by atoms with E-state index in [2.05, 4.69) is 111 Å². The van der Waals surface area contributed by atoms with Crippen molar-refractivity contribution < 1.29 is 4.74 Å². The van der Waals surface area contributed by atoms with E-state index in [9.17, 15) is 0 Å². The largest absolute Gasteiger partial charge is 0.373 e. The van der Waals surface area contributed by atoms with E-state index >= 15 is 0 Å². The molecule has 0 amide bonds. The van der Waals surface area contributed by atoms with Gasteiger partial charge in [-0.3, -0.25) is 0 Å². The number of ether oxygens (including phenoxy) is 1. The first kappa shape index (κ1) is 26.0. The van der Waals surface area contributed by atoms with Crippen LogP contribution in [0.25, 0.3) is 32.3 Å². The van der Waals surface area contributed by atoms with E-state index in [1.54, 1.807) is 0 Å². The molecule has 3 atom stereocenters. The Kier molecular flexibility index (Phi) is 7.22. The fourth-order valence-corrected chi connectivity index (χ4v) is 5.45. The second kappa shape index (κ2) is 9.74. The Labute approximate surface area is 213 Å². The molecule has 0 N–H and O–H groups in total. The fourth-order valence-electron chi connectivity index (χ4n) is 5.45. The van der Waals surface area contributed by atoms with Gasteiger partial charge in [0.2, 0.25) is 0 Å². The molecule has 0 aliphatic carbocycles. The van der Waals surface area contributed by atoms with Gasteiger partial charge in [-0.15, -0.1) is 0 Å². The summed E-state index contributed by atoms with van der Waals surface area (Å²) in [4.78, 5) is 0. The lowest BCUT2D eigenvalue weighted by Crippen LogP contribution is -2.23. The van der Waals surface area contributed by atoms with Crippen LogP contribution in [0.4, 0.5) is 0 Å². The maximum atomic E-state index is 4.86. The van der Waals surface area contributed by atoms with Crippen molar-refractivity contribution >= 4 is 32.3 Å². The zero-order valence-electron chi connectivity index (χ0n) is 23.6. The molecule has 1 aliphatic rings. The van der Waals surface area contributed by atoms with Crippen molar-refractivity contribution in [2.24, 2.45) is 10.8 Å². The lowest BCUT2D eigenvalue weighted by molar-refractivity contribution is 0.229. The molecule has 4 aromatic rings. The summed E-state index contributed by atoms with van der Waals surface area (Å²) < 4.78 is 4.86. The predicted octanol–water partition coefficient (Wildman–Crippen LogP) is 10.5. The van der Waals surface area contributed by atoms with Gasteiger partial charge in [-0.25, -0.2) is 0 Å². The summed E-state index contributed by atoms with van der Waals surface area (Å²) in [6.45, 7) is 22.0. The Balaban J connectivity index is 0.000000514. The summed E-state index contributed by atoms with van der Waals surface area (Å²) in [5, 5.41) is 8.42. The van der Waals surface area contributed by atoms with Crippen LogP contribution in [0.3, 0.4) is 0 Å². The maximum Gasteiger partial charge on any atom is 0.0807 e. The molecule has 5 rings (SSSR count). The average Bonchev–Trinajstić information content (AvgIpc) is 3.64. The average molecular weight is 471 g/mol. The van der Waals surface area contributed by atoms with Crippen molar-refractivity contribution in [2.45, 2.75) is 99.5 Å². The Hall–Kier alpha value is -2.12. The summed E-state index contributed by atoms with van der Waals surface area (Å²) in [7, 11) is 0. The Morgan fingerprint density at radius 2 is 1.20 bits per heavy atom. The molecule has 0 saturated carbocycles. The third kappa shape index (κ3) is 5.83. The molecule has 0 radical (unpaired) electrons. The van der Waals surface area contributed by atoms with Gasteiger partial charge in [-0.2, -0.15) is 0 Å². The van der Waals surface area contributed by atoms with E-state index in [1.807, 2.05) is 0 Å². The topological polar surface area (TPSA) is 12.5 Å². The van der Waals surface area contributed by atoms with Crippen LogP contribution in [0, 0.1) is 10.8 Å². The molecule has 3 unspecified atom stereocenters. The maximum absolute atomic E-state index is 4.86. The fraction of sp³-hybridized carbons (Fsp3) is 0.529. The van der Waals surface area contributed by atoms with E-state index in [-0.39, 0.29) is 5.41 Å². The summed E-state index contributed by atoms with van der Waals surface area (Å²) in [5.41, 5.74) is 3.49. The Morgan fingerprint density at radius 1 is 0.771 bits per heavy atom. The molecular weight excluding hydrogens is 424 g/mol. The van der Waals surface area contributed by atoms with Gasteiger partial charge in [0.05, 0.1) is 12.7 Å². The van der Waals surface area contributed by atoms with Crippen molar-refractivity contribution in [3.05, 3.63) is 59.7 Å². The minimum atomic E-state index is 0.235. The summed E-state index contributed by atoms with van der Waals surface area (Å²) in [6, 6.07) is 19.2. The smallest absolute Gasteiger partial charge is 0.0807 e. The molecule has 4 aromatic carbocycles. The number of rotatable bonds is 5. The SMILES string of the molecule is CCC(C)c1cc2ccc3cc(C(CC(C)(C)C)C(C)(C)C)cc4ccc(c1)c2c34.CCC1CO1. The minimum Gasteiger partial charge on any atom is -0.373 e. The van der Waals surface area contributed by atoms with Crippen LogP contribution in [0.5, 0.6) is 0 Å². The van der Waals surface area contributed by atoms with Crippen LogP contribution < -0.4 is 0 Å². The molecule has 0 spiro atoms. The standard InChI is InChI=1S/C30H38.C4H8O/c1-9-19(2)24-14-20-10-12-22-16-25(26(30(6,7)8)18-29(3,4)5)17-23-13-11-21(15-24)27(20)28(22)23;1-2-4-3-5-4/h10-17,19,26H,9,18H2,1-8H3;4H,2-3H2,1H3. The van der Waals surface area contributed by atoms with Gasteiger partial charge in [0.15, 0.2) is 0 Å². The normalized spacial score (nSPS) is 18.0. The number of hydrogen-bond acceptors (Lipinski definition) is 1. The Morgan fingerprint density at radius 3 is 1.49 bits per heavy atom. The van der Waals surface area contributed by atoms with E-state index in [0.29, 0.717) is 23.4 Å². The molecule has 1 heteroatoms. The molecule has 1 nitrogen and oxygen atoms in total. The van der Waals surface area contributed by atoms with Crippen LogP contribution >= 0.6 is 0 Å². The molecule has 1 heterocycles. The molecule has 35 heavy (non-hydrogen) atoms. The van der Waals surface area contributed by atoms with Crippen LogP contribution in [0.15, 0.2) is 48.5 Å².